The fourth-order valence-corrected chi connectivity index (χ4v) is 9.29. The Hall–Kier alpha value is -6.38. The average molecular weight is 693 g/mol. The van der Waals surface area contributed by atoms with E-state index < -0.39 is 0 Å². The van der Waals surface area contributed by atoms with Crippen molar-refractivity contribution in [3.8, 4) is 0 Å². The van der Waals surface area contributed by atoms with Gasteiger partial charge in [-0.1, -0.05) is 103 Å². The Balaban J connectivity index is 1.12. The van der Waals surface area contributed by atoms with Crippen LogP contribution >= 0.6 is 0 Å². The maximum absolute atomic E-state index is 2.49. The number of aryl methyl sites for hydroxylation is 4. The maximum atomic E-state index is 2.49. The summed E-state index contributed by atoms with van der Waals surface area (Å²) in [6.45, 7) is 0. The van der Waals surface area contributed by atoms with E-state index in [2.05, 4.69) is 180 Å². The highest BCUT2D eigenvalue weighted by Crippen LogP contribution is 2.46. The number of hydrogen-bond acceptors (Lipinski definition) is 2. The first-order chi connectivity index (χ1) is 26.7. The molecule has 11 rings (SSSR count). The van der Waals surface area contributed by atoms with Crippen LogP contribution in [0.25, 0.3) is 43.1 Å². The molecule has 0 N–H and O–H groups in total. The minimum atomic E-state index is 1.15. The Morgan fingerprint density at radius 2 is 0.722 bits per heavy atom. The van der Waals surface area contributed by atoms with Gasteiger partial charge in [0.05, 0.1) is 5.69 Å². The van der Waals surface area contributed by atoms with Crippen molar-refractivity contribution >= 4 is 77.2 Å². The van der Waals surface area contributed by atoms with Crippen LogP contribution < -0.4 is 9.80 Å². The number of benzene rings is 9. The summed E-state index contributed by atoms with van der Waals surface area (Å²) in [7, 11) is 0. The zero-order valence-corrected chi connectivity index (χ0v) is 30.3. The molecule has 0 unspecified atom stereocenters. The van der Waals surface area contributed by atoms with Crippen molar-refractivity contribution in [1.82, 2.24) is 0 Å². The smallest absolute Gasteiger partial charge is 0.0546 e. The predicted octanol–water partition coefficient (Wildman–Crippen LogP) is 14.2. The molecule has 0 radical (unpaired) electrons. The van der Waals surface area contributed by atoms with E-state index in [1.165, 1.54) is 125 Å². The van der Waals surface area contributed by atoms with Crippen LogP contribution in [0.15, 0.2) is 170 Å². The molecule has 9 aromatic rings. The molecule has 0 spiro atoms. The Morgan fingerprint density at radius 3 is 1.35 bits per heavy atom. The van der Waals surface area contributed by atoms with Gasteiger partial charge in [-0.25, -0.2) is 0 Å². The monoisotopic (exact) mass is 692 g/mol. The fourth-order valence-electron chi connectivity index (χ4n) is 9.29. The molecule has 2 heteroatoms. The molecule has 0 fully saturated rings. The third-order valence-electron chi connectivity index (χ3n) is 12.0. The van der Waals surface area contributed by atoms with Crippen molar-refractivity contribution in [1.29, 1.82) is 0 Å². The lowest BCUT2D eigenvalue weighted by Crippen LogP contribution is -2.12. The summed E-state index contributed by atoms with van der Waals surface area (Å²) in [4.78, 5) is 4.95. The van der Waals surface area contributed by atoms with Crippen LogP contribution in [0.4, 0.5) is 34.1 Å². The highest BCUT2D eigenvalue weighted by atomic mass is 15.1. The first-order valence-electron chi connectivity index (χ1n) is 19.5. The first-order valence-corrected chi connectivity index (χ1v) is 19.5. The van der Waals surface area contributed by atoms with Crippen molar-refractivity contribution in [2.75, 3.05) is 9.80 Å². The summed E-state index contributed by atoms with van der Waals surface area (Å²) < 4.78 is 0. The van der Waals surface area contributed by atoms with Gasteiger partial charge in [0.15, 0.2) is 0 Å². The summed E-state index contributed by atoms with van der Waals surface area (Å²) in [5, 5.41) is 9.99. The second-order valence-corrected chi connectivity index (χ2v) is 15.2. The summed E-state index contributed by atoms with van der Waals surface area (Å²) in [6, 6.07) is 63.9. The van der Waals surface area contributed by atoms with Gasteiger partial charge in [-0.3, -0.25) is 0 Å². The first kappa shape index (κ1) is 31.2. The van der Waals surface area contributed by atoms with Gasteiger partial charge in [-0.2, -0.15) is 0 Å². The standard InChI is InChI=1S/C52H40N2/c1-3-11-39-29-44(24-19-35(39)9-1)53(45-25-20-37-13-7-15-41(37)30-45)48-28-23-43-33-52(50-18-6-5-17-49(50)51(43)34-48)54(47-27-22-38-14-8-16-42(38)32-47)46-26-21-36-10-2-4-12-40(36)31-46/h1-6,9-12,17-34H,7-8,13-16H2. The number of hydrogen-bond donors (Lipinski definition) is 0. The summed E-state index contributed by atoms with van der Waals surface area (Å²) in [6.07, 6.45) is 7.12. The number of nitrogens with zero attached hydrogens (tertiary/aromatic N) is 2. The Morgan fingerprint density at radius 1 is 0.278 bits per heavy atom. The van der Waals surface area contributed by atoms with Crippen LogP contribution in [0.2, 0.25) is 0 Å². The van der Waals surface area contributed by atoms with Gasteiger partial charge < -0.3 is 9.80 Å². The number of rotatable bonds is 6. The summed E-state index contributed by atoms with van der Waals surface area (Å²) in [5.74, 6) is 0. The molecule has 2 aliphatic rings. The van der Waals surface area contributed by atoms with E-state index >= 15 is 0 Å². The number of anilines is 6. The van der Waals surface area contributed by atoms with E-state index in [1.807, 2.05) is 0 Å². The quantitative estimate of drug-likeness (QED) is 0.160. The topological polar surface area (TPSA) is 6.48 Å². The molecule has 0 amide bonds. The molecular formula is C52H40N2. The van der Waals surface area contributed by atoms with Crippen LogP contribution in [0.1, 0.15) is 35.1 Å². The lowest BCUT2D eigenvalue weighted by molar-refractivity contribution is 0.911. The van der Waals surface area contributed by atoms with E-state index in [0.717, 1.165) is 12.8 Å². The Kier molecular flexibility index (Phi) is 7.30. The molecule has 0 aromatic heterocycles. The molecule has 0 saturated carbocycles. The van der Waals surface area contributed by atoms with Gasteiger partial charge in [0, 0.05) is 33.8 Å². The van der Waals surface area contributed by atoms with E-state index in [4.69, 9.17) is 0 Å². The minimum absolute atomic E-state index is 1.15. The van der Waals surface area contributed by atoms with Crippen molar-refractivity contribution in [2.24, 2.45) is 0 Å². The molecule has 2 nitrogen and oxygen atoms in total. The zero-order chi connectivity index (χ0) is 35.6. The zero-order valence-electron chi connectivity index (χ0n) is 30.3. The van der Waals surface area contributed by atoms with E-state index in [9.17, 15) is 0 Å². The highest BCUT2D eigenvalue weighted by molar-refractivity contribution is 6.15. The molecule has 258 valence electrons. The second-order valence-electron chi connectivity index (χ2n) is 15.2. The van der Waals surface area contributed by atoms with E-state index in [0.29, 0.717) is 0 Å². The van der Waals surface area contributed by atoms with Crippen molar-refractivity contribution in [3.05, 3.63) is 192 Å². The van der Waals surface area contributed by atoms with Crippen LogP contribution in [-0.2, 0) is 25.7 Å². The van der Waals surface area contributed by atoms with Crippen LogP contribution in [0.5, 0.6) is 0 Å². The van der Waals surface area contributed by atoms with E-state index in [1.54, 1.807) is 0 Å². The van der Waals surface area contributed by atoms with Crippen LogP contribution in [0, 0.1) is 0 Å². The predicted molar refractivity (Wildman–Crippen MR) is 230 cm³/mol. The van der Waals surface area contributed by atoms with Crippen LogP contribution in [0.3, 0.4) is 0 Å². The molecule has 0 heterocycles. The van der Waals surface area contributed by atoms with Gasteiger partial charge in [-0.15, -0.1) is 0 Å². The third kappa shape index (κ3) is 5.24. The molecule has 0 bridgehead atoms. The van der Waals surface area contributed by atoms with Crippen LogP contribution in [-0.4, -0.2) is 0 Å². The van der Waals surface area contributed by atoms with Crippen molar-refractivity contribution in [2.45, 2.75) is 38.5 Å². The van der Waals surface area contributed by atoms with Crippen molar-refractivity contribution < 1.29 is 0 Å². The molecule has 0 saturated heterocycles. The molecule has 9 aromatic carbocycles. The SMILES string of the molecule is c1ccc2cc(N(c3ccc4c(c3)CCC4)c3ccc4cc(N(c5ccc6c(c5)CCC6)c5ccc6ccccc6c5)c5ccccc5c4c3)ccc2c1. The van der Waals surface area contributed by atoms with Gasteiger partial charge >= 0.3 is 0 Å². The van der Waals surface area contributed by atoms with Gasteiger partial charge in [0.1, 0.15) is 0 Å². The minimum Gasteiger partial charge on any atom is -0.310 e. The Labute approximate surface area is 316 Å². The van der Waals surface area contributed by atoms with Crippen molar-refractivity contribution in [3.63, 3.8) is 0 Å². The third-order valence-corrected chi connectivity index (χ3v) is 12.0. The normalized spacial score (nSPS) is 13.5. The fraction of sp³-hybridized carbons (Fsp3) is 0.115. The molecule has 54 heavy (non-hydrogen) atoms. The van der Waals surface area contributed by atoms with Gasteiger partial charge in [-0.05, 0) is 165 Å². The summed E-state index contributed by atoms with van der Waals surface area (Å²) in [5.41, 5.74) is 13.1. The molecule has 2 aliphatic carbocycles. The largest absolute Gasteiger partial charge is 0.310 e. The Bertz CT molecular complexity index is 2920. The average Bonchev–Trinajstić information content (AvgIpc) is 3.91. The molecule has 0 aliphatic heterocycles. The second kappa shape index (κ2) is 12.6. The molecular weight excluding hydrogens is 653 g/mol. The van der Waals surface area contributed by atoms with Gasteiger partial charge in [0.2, 0.25) is 0 Å². The van der Waals surface area contributed by atoms with Gasteiger partial charge in [0.25, 0.3) is 0 Å². The lowest BCUT2D eigenvalue weighted by atomic mass is 9.97. The highest BCUT2D eigenvalue weighted by Gasteiger charge is 2.22. The number of fused-ring (bicyclic) bond motifs is 7. The molecule has 0 atom stereocenters. The summed E-state index contributed by atoms with van der Waals surface area (Å²) >= 11 is 0. The maximum Gasteiger partial charge on any atom is 0.0546 e. The lowest BCUT2D eigenvalue weighted by Gasteiger charge is -2.29. The van der Waals surface area contributed by atoms with E-state index in [-0.39, 0.29) is 0 Å².